The highest BCUT2D eigenvalue weighted by atomic mass is 16.6. The van der Waals surface area contributed by atoms with E-state index in [9.17, 15) is 19.5 Å². The minimum absolute atomic E-state index is 0.00381. The minimum Gasteiger partial charge on any atom is -0.544 e. The molecule has 0 heterocycles. The van der Waals surface area contributed by atoms with Crippen LogP contribution in [-0.4, -0.2) is 75.5 Å². The third kappa shape index (κ3) is 41.8. The van der Waals surface area contributed by atoms with Crippen LogP contribution >= 0.6 is 0 Å². The smallest absolute Gasteiger partial charge is 0.306 e. The lowest BCUT2D eigenvalue weighted by molar-refractivity contribution is -0.889. The topological polar surface area (TPSA) is 102 Å². The number of ether oxygens (including phenoxy) is 3. The molecular formula is C54H91NO7. The van der Waals surface area contributed by atoms with E-state index in [4.69, 9.17) is 14.2 Å². The van der Waals surface area contributed by atoms with Crippen LogP contribution in [0.25, 0.3) is 0 Å². The quantitative estimate of drug-likeness (QED) is 0.0260. The van der Waals surface area contributed by atoms with Gasteiger partial charge >= 0.3 is 11.9 Å². The number of allylic oxidation sites excluding steroid dienone is 14. The predicted molar refractivity (Wildman–Crippen MR) is 258 cm³/mol. The van der Waals surface area contributed by atoms with Gasteiger partial charge in [-0.1, -0.05) is 176 Å². The van der Waals surface area contributed by atoms with Crippen LogP contribution in [0.1, 0.15) is 187 Å². The molecule has 0 N–H and O–H groups in total. The number of esters is 2. The maximum Gasteiger partial charge on any atom is 0.306 e. The number of carboxylic acid groups (broad SMARTS) is 1. The fourth-order valence-corrected chi connectivity index (χ4v) is 6.74. The van der Waals surface area contributed by atoms with Crippen LogP contribution in [0.2, 0.25) is 0 Å². The molecule has 8 heteroatoms. The third-order valence-corrected chi connectivity index (χ3v) is 10.5. The van der Waals surface area contributed by atoms with Crippen LogP contribution in [-0.2, 0) is 28.6 Å². The van der Waals surface area contributed by atoms with Gasteiger partial charge in [0.1, 0.15) is 12.6 Å². The molecule has 8 nitrogen and oxygen atoms in total. The van der Waals surface area contributed by atoms with Crippen LogP contribution in [0.5, 0.6) is 0 Å². The number of carbonyl (C=O) groups excluding carboxylic acids is 3. The highest BCUT2D eigenvalue weighted by Gasteiger charge is 2.25. The second kappa shape index (κ2) is 44.1. The molecular weight excluding hydrogens is 775 g/mol. The first-order valence-corrected chi connectivity index (χ1v) is 24.6. The molecule has 0 aromatic rings. The van der Waals surface area contributed by atoms with E-state index in [1.165, 1.54) is 83.5 Å². The van der Waals surface area contributed by atoms with Gasteiger partial charge in [0.25, 0.3) is 0 Å². The van der Waals surface area contributed by atoms with E-state index in [-0.39, 0.29) is 43.1 Å². The fraction of sp³-hybridized carbons (Fsp3) is 0.685. The van der Waals surface area contributed by atoms with Crippen LogP contribution in [0.15, 0.2) is 85.1 Å². The van der Waals surface area contributed by atoms with Crippen molar-refractivity contribution in [2.75, 3.05) is 41.0 Å². The average Bonchev–Trinajstić information content (AvgIpc) is 3.23. The Kier molecular flexibility index (Phi) is 41.6. The number of aliphatic carboxylic acids is 1. The zero-order valence-corrected chi connectivity index (χ0v) is 40.3. The van der Waals surface area contributed by atoms with Gasteiger partial charge in [-0.3, -0.25) is 9.59 Å². The Morgan fingerprint density at radius 2 is 0.935 bits per heavy atom. The number of likely N-dealkylation sites (N-methyl/N-ethyl adjacent to an activating group) is 1. The maximum absolute atomic E-state index is 12.7. The number of unbranched alkanes of at least 4 members (excludes halogenated alkanes) is 15. The number of carbonyl (C=O) groups is 3. The van der Waals surface area contributed by atoms with E-state index in [0.29, 0.717) is 12.8 Å². The van der Waals surface area contributed by atoms with Crippen LogP contribution < -0.4 is 5.11 Å². The van der Waals surface area contributed by atoms with Gasteiger partial charge in [0.2, 0.25) is 0 Å². The molecule has 62 heavy (non-hydrogen) atoms. The molecule has 0 aliphatic rings. The Morgan fingerprint density at radius 1 is 0.500 bits per heavy atom. The van der Waals surface area contributed by atoms with E-state index in [1.807, 2.05) is 12.2 Å². The van der Waals surface area contributed by atoms with Gasteiger partial charge in [0, 0.05) is 19.3 Å². The van der Waals surface area contributed by atoms with Crippen molar-refractivity contribution in [1.29, 1.82) is 0 Å². The molecule has 0 aliphatic carbocycles. The van der Waals surface area contributed by atoms with Crippen molar-refractivity contribution in [3.63, 3.8) is 0 Å². The van der Waals surface area contributed by atoms with Crippen molar-refractivity contribution >= 4 is 17.9 Å². The first-order valence-electron chi connectivity index (χ1n) is 24.6. The van der Waals surface area contributed by atoms with Crippen molar-refractivity contribution in [2.24, 2.45) is 0 Å². The van der Waals surface area contributed by atoms with Gasteiger partial charge in [-0.25, -0.2) is 0 Å². The summed E-state index contributed by atoms with van der Waals surface area (Å²) in [5, 5.41) is 11.6. The predicted octanol–water partition coefficient (Wildman–Crippen LogP) is 12.7. The molecule has 0 aromatic carbocycles. The lowest BCUT2D eigenvalue weighted by atomic mass is 10.1. The molecule has 2 atom stereocenters. The van der Waals surface area contributed by atoms with E-state index in [1.54, 1.807) is 21.1 Å². The molecule has 0 aliphatic heterocycles. The lowest BCUT2D eigenvalue weighted by Gasteiger charge is -2.34. The summed E-state index contributed by atoms with van der Waals surface area (Å²) in [6.07, 6.45) is 57.8. The first-order chi connectivity index (χ1) is 30.1. The Morgan fingerprint density at radius 3 is 1.40 bits per heavy atom. The zero-order valence-electron chi connectivity index (χ0n) is 40.3. The number of carboxylic acids is 1. The summed E-state index contributed by atoms with van der Waals surface area (Å²) < 4.78 is 17.1. The number of nitrogens with zero attached hydrogens (tertiary/aromatic N) is 1. The summed E-state index contributed by atoms with van der Waals surface area (Å²) in [5.74, 6) is -1.86. The van der Waals surface area contributed by atoms with Crippen molar-refractivity contribution in [1.82, 2.24) is 0 Å². The summed E-state index contributed by atoms with van der Waals surface area (Å²) in [6.45, 7) is 4.45. The zero-order chi connectivity index (χ0) is 45.6. The maximum atomic E-state index is 12.7. The van der Waals surface area contributed by atoms with E-state index in [2.05, 4.69) is 86.8 Å². The second-order valence-corrected chi connectivity index (χ2v) is 17.3. The van der Waals surface area contributed by atoms with Crippen molar-refractivity contribution in [3.05, 3.63) is 85.1 Å². The molecule has 354 valence electrons. The molecule has 0 rings (SSSR count). The summed E-state index contributed by atoms with van der Waals surface area (Å²) in [7, 11) is 5.38. The monoisotopic (exact) mass is 866 g/mol. The standard InChI is InChI=1S/C54H91NO7/c1-6-8-10-12-14-16-18-20-22-24-25-26-27-28-29-31-32-34-36-38-40-42-44-52(56)61-49-50(48-60-47-46-51(54(58)59)55(3,4)5)62-53(57)45-43-41-39-37-35-33-30-23-21-19-17-15-13-11-9-7-2/h9,11,15,17,21,23-25,27-28,33,35,39,41,50-51H,6-8,10,12-14,16,18-20,22,26,29-32,34,36-38,40,42-49H2,1-5H3/b11-9+,17-15+,23-21+,25-24+,28-27+,35-33+,41-39+. The normalized spacial score (nSPS) is 13.6. The third-order valence-electron chi connectivity index (χ3n) is 10.5. The van der Waals surface area contributed by atoms with Gasteiger partial charge in [-0.05, 0) is 77.0 Å². The highest BCUT2D eigenvalue weighted by Crippen LogP contribution is 2.13. The Hall–Kier alpha value is -3.49. The summed E-state index contributed by atoms with van der Waals surface area (Å²) in [4.78, 5) is 36.9. The number of rotatable bonds is 43. The van der Waals surface area contributed by atoms with E-state index < -0.39 is 24.1 Å². The molecule has 0 spiro atoms. The van der Waals surface area contributed by atoms with Crippen molar-refractivity contribution in [2.45, 2.75) is 199 Å². The number of quaternary nitrogens is 1. The first kappa shape index (κ1) is 58.5. The van der Waals surface area contributed by atoms with E-state index in [0.717, 1.165) is 64.2 Å². The molecule has 0 aromatic heterocycles. The Balaban J connectivity index is 4.37. The van der Waals surface area contributed by atoms with Crippen LogP contribution in [0.3, 0.4) is 0 Å². The average molecular weight is 866 g/mol. The van der Waals surface area contributed by atoms with Crippen molar-refractivity contribution in [3.8, 4) is 0 Å². The van der Waals surface area contributed by atoms with Gasteiger partial charge in [0.15, 0.2) is 6.10 Å². The van der Waals surface area contributed by atoms with Gasteiger partial charge in [-0.15, -0.1) is 0 Å². The Bertz CT molecular complexity index is 1290. The number of hydrogen-bond donors (Lipinski definition) is 0. The highest BCUT2D eigenvalue weighted by molar-refractivity contribution is 5.70. The molecule has 0 bridgehead atoms. The van der Waals surface area contributed by atoms with Gasteiger partial charge < -0.3 is 28.6 Å². The lowest BCUT2D eigenvalue weighted by Crippen LogP contribution is -2.55. The van der Waals surface area contributed by atoms with Gasteiger partial charge in [0.05, 0.1) is 40.3 Å². The summed E-state index contributed by atoms with van der Waals surface area (Å²) in [6, 6.07) is -0.744. The van der Waals surface area contributed by atoms with Crippen LogP contribution in [0, 0.1) is 0 Å². The van der Waals surface area contributed by atoms with E-state index >= 15 is 0 Å². The van der Waals surface area contributed by atoms with Crippen molar-refractivity contribution < 1.29 is 38.2 Å². The molecule has 0 amide bonds. The molecule has 0 fully saturated rings. The Labute approximate surface area is 380 Å². The second-order valence-electron chi connectivity index (χ2n) is 17.3. The summed E-state index contributed by atoms with van der Waals surface area (Å²) in [5.41, 5.74) is 0. The SMILES string of the molecule is CC/C=C/C/C=C/C/C=C/C/C=C/C/C=C/CCC(=O)OC(COCCC(C(=O)[O-])[N+](C)(C)C)COC(=O)CCCCCCCCC/C=C/C/C=C/CCCCCCCCCC. The molecule has 0 saturated heterocycles. The molecule has 2 unspecified atom stereocenters. The largest absolute Gasteiger partial charge is 0.544 e. The van der Waals surface area contributed by atoms with Gasteiger partial charge in [-0.2, -0.15) is 0 Å². The molecule has 0 saturated carbocycles. The van der Waals surface area contributed by atoms with Crippen LogP contribution in [0.4, 0.5) is 0 Å². The molecule has 0 radical (unpaired) electrons. The number of hydrogen-bond acceptors (Lipinski definition) is 7. The minimum atomic E-state index is -1.14. The summed E-state index contributed by atoms with van der Waals surface area (Å²) >= 11 is 0. The fourth-order valence-electron chi connectivity index (χ4n) is 6.74.